The van der Waals surface area contributed by atoms with E-state index in [4.69, 9.17) is 0 Å². The number of carbonyl (C=O) groups is 2. The van der Waals surface area contributed by atoms with Gasteiger partial charge in [-0.05, 0) is 24.3 Å². The highest BCUT2D eigenvalue weighted by atomic mass is 16.2. The monoisotopic (exact) mass is 308 g/mol. The fraction of sp³-hybridized carbons (Fsp3) is 0. The summed E-state index contributed by atoms with van der Waals surface area (Å²) in [6, 6.07) is 6.51. The third kappa shape index (κ3) is 3.38. The van der Waals surface area contributed by atoms with Crippen molar-refractivity contribution in [1.82, 2.24) is 30.4 Å². The Morgan fingerprint density at radius 3 is 2.26 bits per heavy atom. The van der Waals surface area contributed by atoms with Gasteiger partial charge in [-0.1, -0.05) is 0 Å². The minimum absolute atomic E-state index is 0.320. The number of hydrogen-bond acceptors (Lipinski definition) is 5. The van der Waals surface area contributed by atoms with Crippen LogP contribution in [-0.2, 0) is 0 Å². The number of pyridine rings is 2. The van der Waals surface area contributed by atoms with Gasteiger partial charge in [0, 0.05) is 31.0 Å². The van der Waals surface area contributed by atoms with Gasteiger partial charge in [-0.15, -0.1) is 0 Å². The van der Waals surface area contributed by atoms with E-state index in [9.17, 15) is 9.59 Å². The molecule has 114 valence electrons. The van der Waals surface area contributed by atoms with E-state index in [-0.39, 0.29) is 0 Å². The molecule has 0 aromatic carbocycles. The van der Waals surface area contributed by atoms with E-state index >= 15 is 0 Å². The smallest absolute Gasteiger partial charge is 0.271 e. The topological polar surface area (TPSA) is 102 Å². The molecule has 3 aromatic rings. The molecule has 0 radical (unpaired) electrons. The summed E-state index contributed by atoms with van der Waals surface area (Å²) in [5.74, 6) is -0.278. The Balaban J connectivity index is 1.61. The van der Waals surface area contributed by atoms with Gasteiger partial charge in [-0.3, -0.25) is 30.0 Å². The molecule has 3 heterocycles. The number of nitrogens with zero attached hydrogens (tertiary/aromatic N) is 4. The summed E-state index contributed by atoms with van der Waals surface area (Å²) in [4.78, 5) is 35.7. The number of aromatic nitrogens is 4. The number of amides is 2. The average Bonchev–Trinajstić information content (AvgIpc) is 3.15. The Morgan fingerprint density at radius 1 is 0.913 bits per heavy atom. The normalized spacial score (nSPS) is 10.1. The standard InChI is InChI=1S/C15H12N6O2/c22-14(11-2-1-5-16-8-11)19-20-15(23)12-3-4-13(18-9-12)21-7-6-17-10-21/h1-10H,(H,19,22)(H,20,23). The second-order valence-corrected chi connectivity index (χ2v) is 4.52. The summed E-state index contributed by atoms with van der Waals surface area (Å²) in [6.07, 6.45) is 9.37. The van der Waals surface area contributed by atoms with Gasteiger partial charge >= 0.3 is 0 Å². The van der Waals surface area contributed by atoms with Gasteiger partial charge in [0.1, 0.15) is 12.1 Å². The Hall–Kier alpha value is -3.55. The second kappa shape index (κ2) is 6.48. The average molecular weight is 308 g/mol. The Bertz CT molecular complexity index is 800. The number of rotatable bonds is 3. The van der Waals surface area contributed by atoms with E-state index in [0.717, 1.165) is 0 Å². The predicted octanol–water partition coefficient (Wildman–Crippen LogP) is 0.737. The molecule has 3 rings (SSSR count). The number of nitrogens with one attached hydrogen (secondary N) is 2. The van der Waals surface area contributed by atoms with E-state index in [1.165, 1.54) is 12.4 Å². The first-order valence-electron chi connectivity index (χ1n) is 6.69. The van der Waals surface area contributed by atoms with Crippen molar-refractivity contribution in [1.29, 1.82) is 0 Å². The molecular weight excluding hydrogens is 296 g/mol. The van der Waals surface area contributed by atoms with Crippen molar-refractivity contribution in [3.8, 4) is 5.82 Å². The van der Waals surface area contributed by atoms with Crippen molar-refractivity contribution >= 4 is 11.8 Å². The van der Waals surface area contributed by atoms with Crippen molar-refractivity contribution in [2.45, 2.75) is 0 Å². The van der Waals surface area contributed by atoms with Crippen LogP contribution >= 0.6 is 0 Å². The van der Waals surface area contributed by atoms with Crippen LogP contribution in [-0.4, -0.2) is 31.3 Å². The molecular formula is C15H12N6O2. The molecule has 0 saturated carbocycles. The molecule has 0 fully saturated rings. The van der Waals surface area contributed by atoms with Crippen molar-refractivity contribution in [2.75, 3.05) is 0 Å². The fourth-order valence-electron chi connectivity index (χ4n) is 1.82. The molecule has 3 aromatic heterocycles. The van der Waals surface area contributed by atoms with Crippen molar-refractivity contribution in [2.24, 2.45) is 0 Å². The van der Waals surface area contributed by atoms with Crippen LogP contribution in [0.2, 0.25) is 0 Å². The number of carbonyl (C=O) groups excluding carboxylic acids is 2. The predicted molar refractivity (Wildman–Crippen MR) is 80.5 cm³/mol. The zero-order valence-electron chi connectivity index (χ0n) is 11.9. The Morgan fingerprint density at radius 2 is 1.70 bits per heavy atom. The third-order valence-corrected chi connectivity index (χ3v) is 2.99. The zero-order valence-corrected chi connectivity index (χ0v) is 11.9. The third-order valence-electron chi connectivity index (χ3n) is 2.99. The molecule has 0 unspecified atom stereocenters. The number of hydrogen-bond donors (Lipinski definition) is 2. The maximum Gasteiger partial charge on any atom is 0.271 e. The maximum atomic E-state index is 12.0. The van der Waals surface area contributed by atoms with Crippen LogP contribution < -0.4 is 10.9 Å². The summed E-state index contributed by atoms with van der Waals surface area (Å²) < 4.78 is 1.71. The highest BCUT2D eigenvalue weighted by Crippen LogP contribution is 2.05. The molecule has 0 saturated heterocycles. The van der Waals surface area contributed by atoms with Gasteiger partial charge < -0.3 is 0 Å². The van der Waals surface area contributed by atoms with Crippen LogP contribution in [0.25, 0.3) is 5.82 Å². The maximum absolute atomic E-state index is 12.0. The van der Waals surface area contributed by atoms with Gasteiger partial charge in [0.15, 0.2) is 0 Å². The molecule has 8 nitrogen and oxygen atoms in total. The van der Waals surface area contributed by atoms with Crippen LogP contribution in [0.15, 0.2) is 61.6 Å². The largest absolute Gasteiger partial charge is 0.291 e. The van der Waals surface area contributed by atoms with E-state index < -0.39 is 11.8 Å². The fourth-order valence-corrected chi connectivity index (χ4v) is 1.82. The van der Waals surface area contributed by atoms with Gasteiger partial charge in [-0.2, -0.15) is 0 Å². The molecule has 0 aliphatic carbocycles. The first kappa shape index (κ1) is 14.4. The molecule has 0 aliphatic rings. The SMILES string of the molecule is O=C(NNC(=O)c1ccc(-n2ccnc2)nc1)c1cccnc1. The zero-order chi connectivity index (χ0) is 16.1. The van der Waals surface area contributed by atoms with E-state index in [2.05, 4.69) is 25.8 Å². The number of hydrazine groups is 1. The van der Waals surface area contributed by atoms with Crippen LogP contribution in [0.5, 0.6) is 0 Å². The summed E-state index contributed by atoms with van der Waals surface area (Å²) in [5.41, 5.74) is 5.31. The molecule has 0 aliphatic heterocycles. The lowest BCUT2D eigenvalue weighted by atomic mass is 10.2. The quantitative estimate of drug-likeness (QED) is 0.695. The molecule has 2 N–H and O–H groups in total. The lowest BCUT2D eigenvalue weighted by Crippen LogP contribution is -2.41. The Labute approximate surface area is 131 Å². The van der Waals surface area contributed by atoms with Crippen molar-refractivity contribution in [3.63, 3.8) is 0 Å². The van der Waals surface area contributed by atoms with Crippen LogP contribution in [0.1, 0.15) is 20.7 Å². The van der Waals surface area contributed by atoms with Crippen LogP contribution in [0, 0.1) is 0 Å². The van der Waals surface area contributed by atoms with Crippen molar-refractivity contribution in [3.05, 3.63) is 72.7 Å². The van der Waals surface area contributed by atoms with Crippen LogP contribution in [0.4, 0.5) is 0 Å². The highest BCUT2D eigenvalue weighted by molar-refractivity contribution is 5.98. The minimum atomic E-state index is -0.466. The van der Waals surface area contributed by atoms with Crippen molar-refractivity contribution < 1.29 is 9.59 Å². The lowest BCUT2D eigenvalue weighted by molar-refractivity contribution is 0.0846. The van der Waals surface area contributed by atoms with Gasteiger partial charge in [0.05, 0.1) is 11.1 Å². The van der Waals surface area contributed by atoms with Crippen LogP contribution in [0.3, 0.4) is 0 Å². The van der Waals surface area contributed by atoms with E-state index in [1.807, 2.05) is 0 Å². The van der Waals surface area contributed by atoms with E-state index in [1.54, 1.807) is 53.8 Å². The first-order valence-corrected chi connectivity index (χ1v) is 6.69. The summed E-state index contributed by atoms with van der Waals surface area (Å²) >= 11 is 0. The molecule has 0 spiro atoms. The van der Waals surface area contributed by atoms with Gasteiger partial charge in [0.25, 0.3) is 11.8 Å². The number of imidazole rings is 1. The molecule has 0 atom stereocenters. The Kier molecular flexibility index (Phi) is 4.05. The van der Waals surface area contributed by atoms with Gasteiger partial charge in [-0.25, -0.2) is 9.97 Å². The first-order chi connectivity index (χ1) is 11.2. The molecule has 2 amide bonds. The molecule has 0 bridgehead atoms. The lowest BCUT2D eigenvalue weighted by Gasteiger charge is -2.07. The highest BCUT2D eigenvalue weighted by Gasteiger charge is 2.09. The molecule has 23 heavy (non-hydrogen) atoms. The summed E-state index contributed by atoms with van der Waals surface area (Å²) in [7, 11) is 0. The van der Waals surface area contributed by atoms with Gasteiger partial charge in [0.2, 0.25) is 0 Å². The molecule has 8 heteroatoms. The summed E-state index contributed by atoms with van der Waals surface area (Å²) in [6.45, 7) is 0. The summed E-state index contributed by atoms with van der Waals surface area (Å²) in [5, 5.41) is 0. The second-order valence-electron chi connectivity index (χ2n) is 4.52. The van der Waals surface area contributed by atoms with E-state index in [0.29, 0.717) is 16.9 Å². The minimum Gasteiger partial charge on any atom is -0.291 e.